The Morgan fingerprint density at radius 3 is 0.625 bits per heavy atom. The van der Waals surface area contributed by atoms with Crippen molar-refractivity contribution >= 4 is 17.9 Å². The van der Waals surface area contributed by atoms with Gasteiger partial charge in [-0.1, -0.05) is 297 Å². The zero-order valence-corrected chi connectivity index (χ0v) is 43.6. The third kappa shape index (κ3) is 51.4. The molecule has 1 atom stereocenters. The lowest BCUT2D eigenvalue weighted by Gasteiger charge is -2.18. The molecule has 0 saturated carbocycles. The molecule has 0 aromatic rings. The van der Waals surface area contributed by atoms with Crippen LogP contribution in [0.4, 0.5) is 0 Å². The summed E-state index contributed by atoms with van der Waals surface area (Å²) in [6.07, 6.45) is 59.5. The van der Waals surface area contributed by atoms with E-state index < -0.39 is 6.10 Å². The van der Waals surface area contributed by atoms with Crippen LogP contribution in [0.2, 0.25) is 0 Å². The Morgan fingerprint density at radius 2 is 0.422 bits per heavy atom. The quantitative estimate of drug-likeness (QED) is 0.0344. The average Bonchev–Trinajstić information content (AvgIpc) is 3.29. The second-order valence-electron chi connectivity index (χ2n) is 19.9. The van der Waals surface area contributed by atoms with E-state index >= 15 is 0 Å². The highest BCUT2D eigenvalue weighted by Gasteiger charge is 2.19. The highest BCUT2D eigenvalue weighted by molar-refractivity contribution is 5.71. The Hall–Kier alpha value is -1.59. The molecule has 6 nitrogen and oxygen atoms in total. The molecule has 0 aromatic carbocycles. The molecule has 64 heavy (non-hydrogen) atoms. The molecular weight excluding hydrogens is 793 g/mol. The zero-order chi connectivity index (χ0) is 46.5. The second kappa shape index (κ2) is 54.0. The summed E-state index contributed by atoms with van der Waals surface area (Å²) in [7, 11) is 0. The van der Waals surface area contributed by atoms with Gasteiger partial charge in [-0.2, -0.15) is 0 Å². The van der Waals surface area contributed by atoms with Crippen LogP contribution in [0.5, 0.6) is 0 Å². The normalized spacial score (nSPS) is 11.9. The Balaban J connectivity index is 4.27. The molecular formula is C58H112O6. The minimum Gasteiger partial charge on any atom is -0.462 e. The van der Waals surface area contributed by atoms with Crippen molar-refractivity contribution in [2.24, 2.45) is 0 Å². The highest BCUT2D eigenvalue weighted by atomic mass is 16.6. The Morgan fingerprint density at radius 1 is 0.250 bits per heavy atom. The first-order chi connectivity index (χ1) is 31.5. The van der Waals surface area contributed by atoms with Gasteiger partial charge in [-0.15, -0.1) is 0 Å². The van der Waals surface area contributed by atoms with Crippen molar-refractivity contribution in [1.29, 1.82) is 0 Å². The highest BCUT2D eigenvalue weighted by Crippen LogP contribution is 2.18. The second-order valence-corrected chi connectivity index (χ2v) is 19.9. The summed E-state index contributed by atoms with van der Waals surface area (Å²) in [6.45, 7) is 6.71. The number of ether oxygens (including phenoxy) is 3. The van der Waals surface area contributed by atoms with Gasteiger partial charge in [0.2, 0.25) is 0 Å². The Bertz CT molecular complexity index is 951. The molecule has 1 unspecified atom stereocenters. The van der Waals surface area contributed by atoms with Crippen LogP contribution in [0, 0.1) is 0 Å². The molecule has 0 fully saturated rings. The van der Waals surface area contributed by atoms with Crippen LogP contribution in [0.3, 0.4) is 0 Å². The molecule has 0 rings (SSSR count). The first-order valence-electron chi connectivity index (χ1n) is 29.0. The maximum absolute atomic E-state index is 12.8. The number of esters is 3. The van der Waals surface area contributed by atoms with Crippen LogP contribution in [-0.4, -0.2) is 37.2 Å². The molecule has 0 aliphatic carbocycles. The summed E-state index contributed by atoms with van der Waals surface area (Å²) in [4.78, 5) is 38.1. The van der Waals surface area contributed by atoms with E-state index in [1.807, 2.05) is 0 Å². The molecule has 0 aliphatic rings. The van der Waals surface area contributed by atoms with Gasteiger partial charge >= 0.3 is 17.9 Å². The molecule has 6 heteroatoms. The van der Waals surface area contributed by atoms with Gasteiger partial charge in [0.1, 0.15) is 13.2 Å². The standard InChI is InChI=1S/C58H112O6/c1-4-7-10-13-16-19-22-25-27-29-31-33-36-39-42-45-48-51-57(60)63-54-55(53-62-56(59)50-47-44-41-38-35-24-21-18-15-12-9-6-3)64-58(61)52-49-46-43-40-37-34-32-30-28-26-23-20-17-14-11-8-5-2/h55H,4-54H2,1-3H3. The van der Waals surface area contributed by atoms with E-state index in [-0.39, 0.29) is 31.1 Å². The van der Waals surface area contributed by atoms with Crippen molar-refractivity contribution in [3.05, 3.63) is 0 Å². The summed E-state index contributed by atoms with van der Waals surface area (Å²) in [5, 5.41) is 0. The molecule has 0 bridgehead atoms. The molecule has 0 saturated heterocycles. The van der Waals surface area contributed by atoms with Crippen molar-refractivity contribution in [2.45, 2.75) is 341 Å². The monoisotopic (exact) mass is 905 g/mol. The maximum atomic E-state index is 12.8. The van der Waals surface area contributed by atoms with E-state index in [1.165, 1.54) is 238 Å². The molecule has 0 N–H and O–H groups in total. The first-order valence-corrected chi connectivity index (χ1v) is 29.0. The van der Waals surface area contributed by atoms with Crippen molar-refractivity contribution < 1.29 is 28.6 Å². The minimum absolute atomic E-state index is 0.0610. The van der Waals surface area contributed by atoms with E-state index in [4.69, 9.17) is 14.2 Å². The average molecular weight is 906 g/mol. The van der Waals surface area contributed by atoms with Crippen molar-refractivity contribution in [1.82, 2.24) is 0 Å². The van der Waals surface area contributed by atoms with E-state index in [0.29, 0.717) is 19.3 Å². The fourth-order valence-corrected chi connectivity index (χ4v) is 8.98. The van der Waals surface area contributed by atoms with Gasteiger partial charge in [-0.25, -0.2) is 0 Å². The van der Waals surface area contributed by atoms with E-state index in [9.17, 15) is 14.4 Å². The fraction of sp³-hybridized carbons (Fsp3) is 0.948. The summed E-state index contributed by atoms with van der Waals surface area (Å²) in [6, 6.07) is 0. The summed E-state index contributed by atoms with van der Waals surface area (Å²) in [5.41, 5.74) is 0. The SMILES string of the molecule is CCCCCCCCCCCCCCCCCCCC(=O)OCC(COC(=O)CCCCCCCCCCCCCC)OC(=O)CCCCCCCCCCCCCCCCCCC. The molecule has 0 aliphatic heterocycles. The Labute approximate surface area is 399 Å². The van der Waals surface area contributed by atoms with E-state index in [2.05, 4.69) is 20.8 Å². The third-order valence-electron chi connectivity index (χ3n) is 13.4. The zero-order valence-electron chi connectivity index (χ0n) is 43.6. The molecule has 0 aromatic heterocycles. The molecule has 0 spiro atoms. The molecule has 0 amide bonds. The van der Waals surface area contributed by atoms with Gasteiger partial charge in [0.05, 0.1) is 0 Å². The molecule has 0 radical (unpaired) electrons. The van der Waals surface area contributed by atoms with Crippen molar-refractivity contribution in [3.63, 3.8) is 0 Å². The largest absolute Gasteiger partial charge is 0.462 e. The predicted octanol–water partition coefficient (Wildman–Crippen LogP) is 19.2. The van der Waals surface area contributed by atoms with Crippen LogP contribution >= 0.6 is 0 Å². The number of rotatable bonds is 54. The van der Waals surface area contributed by atoms with Gasteiger partial charge in [0.25, 0.3) is 0 Å². The third-order valence-corrected chi connectivity index (χ3v) is 13.4. The lowest BCUT2D eigenvalue weighted by molar-refractivity contribution is -0.167. The van der Waals surface area contributed by atoms with Crippen molar-refractivity contribution in [3.8, 4) is 0 Å². The first kappa shape index (κ1) is 62.4. The van der Waals surface area contributed by atoms with Gasteiger partial charge in [0, 0.05) is 19.3 Å². The van der Waals surface area contributed by atoms with Crippen LogP contribution < -0.4 is 0 Å². The predicted molar refractivity (Wildman–Crippen MR) is 275 cm³/mol. The van der Waals surface area contributed by atoms with Crippen LogP contribution in [0.1, 0.15) is 335 Å². The number of carbonyl (C=O) groups excluding carboxylic acids is 3. The number of hydrogen-bond acceptors (Lipinski definition) is 6. The molecule has 0 heterocycles. The van der Waals surface area contributed by atoms with Crippen LogP contribution in [0.15, 0.2) is 0 Å². The lowest BCUT2D eigenvalue weighted by atomic mass is 10.0. The van der Waals surface area contributed by atoms with Crippen molar-refractivity contribution in [2.75, 3.05) is 13.2 Å². The number of hydrogen-bond donors (Lipinski definition) is 0. The summed E-state index contributed by atoms with van der Waals surface area (Å²) >= 11 is 0. The van der Waals surface area contributed by atoms with E-state index in [1.54, 1.807) is 0 Å². The lowest BCUT2D eigenvalue weighted by Crippen LogP contribution is -2.30. The van der Waals surface area contributed by atoms with Gasteiger partial charge < -0.3 is 14.2 Å². The Kier molecular flexibility index (Phi) is 52.7. The number of carbonyl (C=O) groups is 3. The number of unbranched alkanes of at least 4 members (excludes halogenated alkanes) is 43. The van der Waals surface area contributed by atoms with E-state index in [0.717, 1.165) is 57.8 Å². The van der Waals surface area contributed by atoms with Crippen LogP contribution in [-0.2, 0) is 28.6 Å². The van der Waals surface area contributed by atoms with Gasteiger partial charge in [-0.3, -0.25) is 14.4 Å². The topological polar surface area (TPSA) is 78.9 Å². The minimum atomic E-state index is -0.760. The van der Waals surface area contributed by atoms with Gasteiger partial charge in [0.15, 0.2) is 6.10 Å². The fourth-order valence-electron chi connectivity index (χ4n) is 8.98. The molecule has 380 valence electrons. The van der Waals surface area contributed by atoms with Gasteiger partial charge in [-0.05, 0) is 19.3 Å². The maximum Gasteiger partial charge on any atom is 0.306 e. The van der Waals surface area contributed by atoms with Crippen LogP contribution in [0.25, 0.3) is 0 Å². The summed E-state index contributed by atoms with van der Waals surface area (Å²) < 4.78 is 16.9. The summed E-state index contributed by atoms with van der Waals surface area (Å²) in [5.74, 6) is -0.832. The smallest absolute Gasteiger partial charge is 0.306 e.